The Bertz CT molecular complexity index is 1110. The van der Waals surface area contributed by atoms with Crippen LogP contribution in [0.3, 0.4) is 0 Å². The highest BCUT2D eigenvalue weighted by Gasteiger charge is 2.24. The van der Waals surface area contributed by atoms with Crippen LogP contribution < -0.4 is 10.1 Å². The lowest BCUT2D eigenvalue weighted by atomic mass is 10.0. The van der Waals surface area contributed by atoms with E-state index in [-0.39, 0.29) is 11.9 Å². The molecule has 2 aromatic heterocycles. The van der Waals surface area contributed by atoms with E-state index in [0.717, 1.165) is 17.5 Å². The summed E-state index contributed by atoms with van der Waals surface area (Å²) in [5.41, 5.74) is 2.40. The Morgan fingerprint density at radius 1 is 1.00 bits per heavy atom. The van der Waals surface area contributed by atoms with E-state index in [1.807, 2.05) is 48.5 Å². The van der Waals surface area contributed by atoms with Gasteiger partial charge in [-0.1, -0.05) is 42.5 Å². The van der Waals surface area contributed by atoms with E-state index < -0.39 is 0 Å². The van der Waals surface area contributed by atoms with Crippen LogP contribution in [-0.4, -0.2) is 26.4 Å². The molecule has 0 amide bonds. The third-order valence-electron chi connectivity index (χ3n) is 4.64. The van der Waals surface area contributed by atoms with Gasteiger partial charge in [0.2, 0.25) is 0 Å². The van der Waals surface area contributed by atoms with Crippen LogP contribution in [0, 0.1) is 5.82 Å². The van der Waals surface area contributed by atoms with E-state index in [4.69, 9.17) is 4.74 Å². The Kier molecular flexibility index (Phi) is 3.71. The first-order chi connectivity index (χ1) is 13.3. The van der Waals surface area contributed by atoms with Crippen molar-refractivity contribution in [3.63, 3.8) is 0 Å². The predicted octanol–water partition coefficient (Wildman–Crippen LogP) is 3.87. The lowest BCUT2D eigenvalue weighted by Gasteiger charge is -2.27. The maximum absolute atomic E-state index is 14.0. The van der Waals surface area contributed by atoms with E-state index in [1.165, 1.54) is 6.07 Å². The fraction of sp³-hybridized carbons (Fsp3) is 0.150. The Morgan fingerprint density at radius 3 is 2.78 bits per heavy atom. The molecule has 0 aliphatic carbocycles. The number of ether oxygens (including phenoxy) is 1. The minimum Gasteiger partial charge on any atom is -0.490 e. The maximum Gasteiger partial charge on any atom is 0.185 e. The average molecular weight is 361 g/mol. The van der Waals surface area contributed by atoms with Crippen LogP contribution in [0.15, 0.2) is 60.7 Å². The molecular weight excluding hydrogens is 345 g/mol. The van der Waals surface area contributed by atoms with Gasteiger partial charge in [-0.15, -0.1) is 15.3 Å². The van der Waals surface area contributed by atoms with Crippen molar-refractivity contribution in [2.45, 2.75) is 12.5 Å². The molecule has 134 valence electrons. The van der Waals surface area contributed by atoms with Crippen molar-refractivity contribution >= 4 is 11.5 Å². The molecule has 5 rings (SSSR count). The molecule has 0 unspecified atom stereocenters. The van der Waals surface area contributed by atoms with Crippen molar-refractivity contribution in [1.82, 2.24) is 19.8 Å². The largest absolute Gasteiger partial charge is 0.490 e. The normalized spacial score (nSPS) is 16.0. The van der Waals surface area contributed by atoms with E-state index >= 15 is 0 Å². The topological polar surface area (TPSA) is 64.3 Å². The average Bonchev–Trinajstić information content (AvgIpc) is 3.13. The zero-order valence-electron chi connectivity index (χ0n) is 14.3. The molecule has 7 heteroatoms. The molecule has 6 nitrogen and oxygen atoms in total. The second-order valence-corrected chi connectivity index (χ2v) is 6.37. The van der Waals surface area contributed by atoms with Gasteiger partial charge >= 0.3 is 0 Å². The summed E-state index contributed by atoms with van der Waals surface area (Å²) in [6.07, 6.45) is 0.726. The number of nitrogens with one attached hydrogen (secondary N) is 1. The molecule has 4 aromatic rings. The number of benzene rings is 2. The van der Waals surface area contributed by atoms with Gasteiger partial charge in [0.1, 0.15) is 5.82 Å². The number of halogens is 1. The minimum absolute atomic E-state index is 0.0777. The summed E-state index contributed by atoms with van der Waals surface area (Å²) in [6, 6.07) is 18.4. The number of aromatic nitrogens is 4. The number of nitrogens with zero attached hydrogens (tertiary/aromatic N) is 4. The standard InChI is InChI=1S/C20H16FN5O/c21-15-8-4-7-14-16(11-12-27-19(14)15)22-17-9-10-18-23-24-20(26(18)25-17)13-5-2-1-3-6-13/h1-10,16H,11-12H2,(H,22,25)/t16-/m0/s1. The van der Waals surface area contributed by atoms with E-state index in [9.17, 15) is 4.39 Å². The molecule has 0 fully saturated rings. The number of anilines is 1. The van der Waals surface area contributed by atoms with Gasteiger partial charge in [0.15, 0.2) is 23.0 Å². The summed E-state index contributed by atoms with van der Waals surface area (Å²) >= 11 is 0. The zero-order chi connectivity index (χ0) is 18.2. The van der Waals surface area contributed by atoms with Gasteiger partial charge in [0.25, 0.3) is 0 Å². The van der Waals surface area contributed by atoms with Crippen molar-refractivity contribution < 1.29 is 9.13 Å². The van der Waals surface area contributed by atoms with E-state index in [0.29, 0.717) is 29.6 Å². The summed E-state index contributed by atoms with van der Waals surface area (Å²) in [5.74, 6) is 1.32. The fourth-order valence-electron chi connectivity index (χ4n) is 3.35. The van der Waals surface area contributed by atoms with Crippen molar-refractivity contribution in [2.75, 3.05) is 11.9 Å². The molecule has 1 aliphatic rings. The number of rotatable bonds is 3. The molecular formula is C20H16FN5O. The predicted molar refractivity (Wildman–Crippen MR) is 99.1 cm³/mol. The molecule has 0 bridgehead atoms. The van der Waals surface area contributed by atoms with Crippen LogP contribution in [-0.2, 0) is 0 Å². The third-order valence-corrected chi connectivity index (χ3v) is 4.64. The van der Waals surface area contributed by atoms with Gasteiger partial charge in [-0.25, -0.2) is 4.39 Å². The van der Waals surface area contributed by atoms with Crippen LogP contribution >= 0.6 is 0 Å². The second-order valence-electron chi connectivity index (χ2n) is 6.37. The molecule has 2 aromatic carbocycles. The summed E-state index contributed by atoms with van der Waals surface area (Å²) < 4.78 is 21.2. The SMILES string of the molecule is Fc1cccc2c1OCC[C@@H]2Nc1ccc2nnc(-c3ccccc3)n2n1. The van der Waals surface area contributed by atoms with Crippen LogP contribution in [0.1, 0.15) is 18.0 Å². The summed E-state index contributed by atoms with van der Waals surface area (Å²) in [6.45, 7) is 0.454. The molecule has 0 radical (unpaired) electrons. The van der Waals surface area contributed by atoms with Crippen molar-refractivity contribution in [1.29, 1.82) is 0 Å². The van der Waals surface area contributed by atoms with Crippen LogP contribution in [0.5, 0.6) is 5.75 Å². The van der Waals surface area contributed by atoms with Crippen LogP contribution in [0.4, 0.5) is 10.2 Å². The summed E-state index contributed by atoms with van der Waals surface area (Å²) in [4.78, 5) is 0. The van der Waals surface area contributed by atoms with Crippen molar-refractivity contribution in [3.8, 4) is 17.1 Å². The first-order valence-corrected chi connectivity index (χ1v) is 8.75. The summed E-state index contributed by atoms with van der Waals surface area (Å²) in [7, 11) is 0. The van der Waals surface area contributed by atoms with Crippen molar-refractivity contribution in [3.05, 3.63) is 72.0 Å². The Labute approximate surface area is 154 Å². The fourth-order valence-corrected chi connectivity index (χ4v) is 3.35. The third kappa shape index (κ3) is 2.77. The number of hydrogen-bond acceptors (Lipinski definition) is 5. The Morgan fingerprint density at radius 2 is 1.89 bits per heavy atom. The number of para-hydroxylation sites is 1. The quantitative estimate of drug-likeness (QED) is 0.600. The number of fused-ring (bicyclic) bond motifs is 2. The lowest BCUT2D eigenvalue weighted by Crippen LogP contribution is -2.22. The molecule has 0 saturated heterocycles. The van der Waals surface area contributed by atoms with Gasteiger partial charge in [0, 0.05) is 17.5 Å². The second kappa shape index (κ2) is 6.35. The highest BCUT2D eigenvalue weighted by molar-refractivity contribution is 5.59. The minimum atomic E-state index is -0.340. The van der Waals surface area contributed by atoms with Crippen LogP contribution in [0.25, 0.3) is 17.0 Å². The molecule has 1 N–H and O–H groups in total. The molecule has 1 aliphatic heterocycles. The first kappa shape index (κ1) is 15.7. The Balaban J connectivity index is 1.51. The highest BCUT2D eigenvalue weighted by atomic mass is 19.1. The molecule has 0 saturated carbocycles. The first-order valence-electron chi connectivity index (χ1n) is 8.75. The monoisotopic (exact) mass is 361 g/mol. The van der Waals surface area contributed by atoms with Gasteiger partial charge < -0.3 is 10.1 Å². The van der Waals surface area contributed by atoms with Crippen molar-refractivity contribution in [2.24, 2.45) is 0 Å². The molecule has 3 heterocycles. The van der Waals surface area contributed by atoms with Gasteiger partial charge in [-0.3, -0.25) is 0 Å². The molecule has 1 atom stereocenters. The van der Waals surface area contributed by atoms with E-state index in [2.05, 4.69) is 20.6 Å². The van der Waals surface area contributed by atoms with Gasteiger partial charge in [0.05, 0.1) is 12.6 Å². The highest BCUT2D eigenvalue weighted by Crippen LogP contribution is 2.35. The lowest BCUT2D eigenvalue weighted by molar-refractivity contribution is 0.260. The molecule has 27 heavy (non-hydrogen) atoms. The zero-order valence-corrected chi connectivity index (χ0v) is 14.3. The maximum atomic E-state index is 14.0. The van der Waals surface area contributed by atoms with Gasteiger partial charge in [-0.2, -0.15) is 4.52 Å². The molecule has 0 spiro atoms. The Hall–Kier alpha value is -3.48. The summed E-state index contributed by atoms with van der Waals surface area (Å²) in [5, 5.41) is 16.5. The van der Waals surface area contributed by atoms with Gasteiger partial charge in [-0.05, 0) is 18.2 Å². The smallest absolute Gasteiger partial charge is 0.185 e. The van der Waals surface area contributed by atoms with E-state index in [1.54, 1.807) is 10.6 Å². The number of hydrogen-bond donors (Lipinski definition) is 1. The van der Waals surface area contributed by atoms with Crippen LogP contribution in [0.2, 0.25) is 0 Å².